The van der Waals surface area contributed by atoms with Crippen molar-refractivity contribution in [1.29, 1.82) is 0 Å². The molecule has 3 heterocycles. The lowest BCUT2D eigenvalue weighted by Crippen LogP contribution is -2.50. The first-order valence-electron chi connectivity index (χ1n) is 9.68. The minimum atomic E-state index is -0.0650. The topological polar surface area (TPSA) is 58.4 Å². The van der Waals surface area contributed by atoms with E-state index in [1.54, 1.807) is 6.26 Å². The summed E-state index contributed by atoms with van der Waals surface area (Å²) in [5.74, 6) is 1.18. The Bertz CT molecular complexity index is 751. The highest BCUT2D eigenvalue weighted by molar-refractivity contribution is 7.15. The first kappa shape index (κ1) is 17.7. The first-order chi connectivity index (χ1) is 12.6. The van der Waals surface area contributed by atoms with Gasteiger partial charge in [-0.05, 0) is 64.1 Å². The van der Waals surface area contributed by atoms with Gasteiger partial charge in [-0.2, -0.15) is 0 Å². The van der Waals surface area contributed by atoms with E-state index in [0.717, 1.165) is 22.5 Å². The van der Waals surface area contributed by atoms with E-state index in [4.69, 9.17) is 4.42 Å². The smallest absolute Gasteiger partial charge is 0.271 e. The number of thiazole rings is 1. The van der Waals surface area contributed by atoms with Crippen LogP contribution in [0.15, 0.2) is 22.8 Å². The Morgan fingerprint density at radius 1 is 1.38 bits per heavy atom. The van der Waals surface area contributed by atoms with Crippen molar-refractivity contribution in [3.05, 3.63) is 29.0 Å². The van der Waals surface area contributed by atoms with Crippen LogP contribution in [0.1, 0.15) is 54.4 Å². The molecule has 2 atom stereocenters. The van der Waals surface area contributed by atoms with E-state index in [-0.39, 0.29) is 11.9 Å². The van der Waals surface area contributed by atoms with Crippen molar-refractivity contribution >= 4 is 17.2 Å². The van der Waals surface area contributed by atoms with Crippen LogP contribution < -0.4 is 5.32 Å². The third-order valence-electron chi connectivity index (χ3n) is 5.89. The highest BCUT2D eigenvalue weighted by atomic mass is 32.1. The molecule has 2 aromatic rings. The number of carbonyl (C=O) groups excluding carboxylic acids is 1. The van der Waals surface area contributed by atoms with Gasteiger partial charge in [0, 0.05) is 23.5 Å². The fourth-order valence-electron chi connectivity index (χ4n) is 4.04. The average Bonchev–Trinajstić information content (AvgIpc) is 3.22. The molecule has 1 saturated carbocycles. The second kappa shape index (κ2) is 7.53. The number of nitrogens with one attached hydrogen (secondary N) is 1. The zero-order valence-corrected chi connectivity index (χ0v) is 16.3. The van der Waals surface area contributed by atoms with Crippen LogP contribution in [0.2, 0.25) is 0 Å². The average molecular weight is 374 g/mol. The summed E-state index contributed by atoms with van der Waals surface area (Å²) in [6.45, 7) is 6.42. The lowest BCUT2D eigenvalue weighted by molar-refractivity contribution is 0.0634. The van der Waals surface area contributed by atoms with E-state index in [9.17, 15) is 4.79 Å². The molecular weight excluding hydrogens is 346 g/mol. The zero-order chi connectivity index (χ0) is 18.1. The van der Waals surface area contributed by atoms with Gasteiger partial charge in [0.2, 0.25) is 0 Å². The molecule has 140 valence electrons. The van der Waals surface area contributed by atoms with Crippen LogP contribution in [-0.2, 0) is 0 Å². The zero-order valence-electron chi connectivity index (χ0n) is 15.5. The number of furan rings is 1. The van der Waals surface area contributed by atoms with Crippen LogP contribution in [0, 0.1) is 12.8 Å². The molecule has 0 bridgehead atoms. The lowest BCUT2D eigenvalue weighted by atomic mass is 9.85. The van der Waals surface area contributed by atoms with E-state index in [0.29, 0.717) is 17.4 Å². The van der Waals surface area contributed by atoms with Crippen molar-refractivity contribution in [2.75, 3.05) is 13.1 Å². The molecule has 4 rings (SSSR count). The molecule has 1 amide bonds. The molecule has 1 aliphatic carbocycles. The summed E-state index contributed by atoms with van der Waals surface area (Å²) < 4.78 is 5.40. The van der Waals surface area contributed by atoms with Gasteiger partial charge in [0.25, 0.3) is 5.91 Å². The largest absolute Gasteiger partial charge is 0.462 e. The Labute approximate surface area is 158 Å². The Morgan fingerprint density at radius 2 is 2.23 bits per heavy atom. The minimum absolute atomic E-state index is 0.0650. The van der Waals surface area contributed by atoms with Crippen LogP contribution in [0.3, 0.4) is 0 Å². The Balaban J connectivity index is 1.39. The first-order valence-corrected chi connectivity index (χ1v) is 10.5. The van der Waals surface area contributed by atoms with Gasteiger partial charge in [-0.1, -0.05) is 6.42 Å². The van der Waals surface area contributed by atoms with E-state index in [1.807, 2.05) is 19.1 Å². The summed E-state index contributed by atoms with van der Waals surface area (Å²) in [7, 11) is 0. The molecule has 0 unspecified atom stereocenters. The Kier molecular flexibility index (Phi) is 5.14. The molecule has 2 fully saturated rings. The maximum Gasteiger partial charge on any atom is 0.271 e. The van der Waals surface area contributed by atoms with Gasteiger partial charge in [-0.25, -0.2) is 4.98 Å². The number of aryl methyl sites for hydroxylation is 1. The Hall–Kier alpha value is -1.66. The fraction of sp³-hybridized carbons (Fsp3) is 0.600. The van der Waals surface area contributed by atoms with Crippen molar-refractivity contribution in [2.24, 2.45) is 5.92 Å². The molecule has 26 heavy (non-hydrogen) atoms. The van der Waals surface area contributed by atoms with Gasteiger partial charge in [0.15, 0.2) is 10.8 Å². The van der Waals surface area contributed by atoms with Crippen molar-refractivity contribution in [3.63, 3.8) is 0 Å². The number of rotatable bonds is 5. The van der Waals surface area contributed by atoms with Gasteiger partial charge in [0.1, 0.15) is 5.69 Å². The second-order valence-corrected chi connectivity index (χ2v) is 8.85. The number of nitrogens with zero attached hydrogens (tertiary/aromatic N) is 2. The third kappa shape index (κ3) is 3.58. The SMILES string of the molecule is Cc1sc(-c2ccco2)nc1C(=O)N[C@@H](C)[C@H]1CCCN(C2CCC2)C1. The van der Waals surface area contributed by atoms with E-state index in [1.165, 1.54) is 50.0 Å². The minimum Gasteiger partial charge on any atom is -0.462 e. The molecule has 1 aliphatic heterocycles. The summed E-state index contributed by atoms with van der Waals surface area (Å²) in [6.07, 6.45) is 8.13. The van der Waals surface area contributed by atoms with Crippen LogP contribution in [0.4, 0.5) is 0 Å². The maximum absolute atomic E-state index is 12.8. The summed E-state index contributed by atoms with van der Waals surface area (Å²) in [6, 6.07) is 4.67. The Morgan fingerprint density at radius 3 is 2.92 bits per heavy atom. The van der Waals surface area contributed by atoms with Gasteiger partial charge in [-0.3, -0.25) is 4.79 Å². The predicted molar refractivity (Wildman–Crippen MR) is 103 cm³/mol. The third-order valence-corrected chi connectivity index (χ3v) is 6.88. The van der Waals surface area contributed by atoms with Gasteiger partial charge in [0.05, 0.1) is 6.26 Å². The van der Waals surface area contributed by atoms with Crippen molar-refractivity contribution in [3.8, 4) is 10.8 Å². The van der Waals surface area contributed by atoms with Crippen molar-refractivity contribution in [1.82, 2.24) is 15.2 Å². The van der Waals surface area contributed by atoms with Crippen molar-refractivity contribution < 1.29 is 9.21 Å². The molecule has 5 nitrogen and oxygen atoms in total. The van der Waals surface area contributed by atoms with Crippen molar-refractivity contribution in [2.45, 2.75) is 58.0 Å². The molecule has 2 aromatic heterocycles. The van der Waals surface area contributed by atoms with Crippen LogP contribution in [0.25, 0.3) is 10.8 Å². The normalized spacial score (nSPS) is 22.8. The number of carbonyl (C=O) groups is 1. The molecule has 0 aromatic carbocycles. The monoisotopic (exact) mass is 373 g/mol. The van der Waals surface area contributed by atoms with E-state index < -0.39 is 0 Å². The molecule has 1 saturated heterocycles. The van der Waals surface area contributed by atoms with Gasteiger partial charge in [-0.15, -0.1) is 11.3 Å². The molecule has 0 spiro atoms. The second-order valence-electron chi connectivity index (χ2n) is 7.65. The molecular formula is C20H27N3O2S. The van der Waals surface area contributed by atoms with Gasteiger partial charge >= 0.3 is 0 Å². The molecule has 6 heteroatoms. The summed E-state index contributed by atoms with van der Waals surface area (Å²) >= 11 is 1.50. The number of hydrogen-bond acceptors (Lipinski definition) is 5. The highest BCUT2D eigenvalue weighted by Crippen LogP contribution is 2.31. The fourth-order valence-corrected chi connectivity index (χ4v) is 4.92. The standard InChI is InChI=1S/C20H27N3O2S/c1-13(15-6-4-10-23(12-15)16-7-3-8-16)21-19(24)18-14(2)26-20(22-18)17-9-5-11-25-17/h5,9,11,13,15-16H,3-4,6-8,10,12H2,1-2H3,(H,21,24)/t13-,15-/m0/s1. The van der Waals surface area contributed by atoms with Gasteiger partial charge < -0.3 is 14.6 Å². The summed E-state index contributed by atoms with van der Waals surface area (Å²) in [4.78, 5) is 20.9. The highest BCUT2D eigenvalue weighted by Gasteiger charge is 2.32. The molecule has 1 N–H and O–H groups in total. The predicted octanol–water partition coefficient (Wildman–Crippen LogP) is 4.09. The lowest BCUT2D eigenvalue weighted by Gasteiger charge is -2.43. The summed E-state index contributed by atoms with van der Waals surface area (Å²) in [5.41, 5.74) is 0.528. The number of piperidine rings is 1. The van der Waals surface area contributed by atoms with Crippen LogP contribution in [-0.4, -0.2) is 41.0 Å². The number of hydrogen-bond donors (Lipinski definition) is 1. The number of likely N-dealkylation sites (tertiary alicyclic amines) is 1. The summed E-state index contributed by atoms with van der Waals surface area (Å²) in [5, 5.41) is 3.97. The molecule has 2 aliphatic rings. The molecule has 0 radical (unpaired) electrons. The quantitative estimate of drug-likeness (QED) is 0.857. The van der Waals surface area contributed by atoms with Crippen LogP contribution >= 0.6 is 11.3 Å². The number of amides is 1. The number of aromatic nitrogens is 1. The maximum atomic E-state index is 12.8. The van der Waals surface area contributed by atoms with E-state index in [2.05, 4.69) is 22.1 Å². The van der Waals surface area contributed by atoms with E-state index >= 15 is 0 Å². The van der Waals surface area contributed by atoms with Crippen LogP contribution in [0.5, 0.6) is 0 Å².